The molecule has 0 saturated heterocycles. The first-order chi connectivity index (χ1) is 13.5. The second-order valence-electron chi connectivity index (χ2n) is 7.81. The van der Waals surface area contributed by atoms with Crippen molar-refractivity contribution in [1.82, 2.24) is 15.1 Å². The lowest BCUT2D eigenvalue weighted by Crippen LogP contribution is -2.46. The van der Waals surface area contributed by atoms with E-state index in [-0.39, 0.29) is 6.04 Å². The molecule has 6 nitrogen and oxygen atoms in total. The molecule has 0 radical (unpaired) electrons. The Morgan fingerprint density at radius 2 is 2.00 bits per heavy atom. The number of anilines is 1. The third-order valence-corrected chi connectivity index (χ3v) is 6.63. The van der Waals surface area contributed by atoms with Crippen molar-refractivity contribution in [2.24, 2.45) is 5.92 Å². The number of aromatic nitrogens is 2. The molecule has 2 aromatic rings. The average molecular weight is 399 g/mol. The molecule has 1 aliphatic heterocycles. The number of carbonyl (C=O) groups is 2. The molecule has 28 heavy (non-hydrogen) atoms. The third kappa shape index (κ3) is 3.81. The van der Waals surface area contributed by atoms with E-state index in [2.05, 4.69) is 17.6 Å². The molecule has 1 fully saturated rings. The van der Waals surface area contributed by atoms with Crippen LogP contribution in [0.15, 0.2) is 24.3 Å². The number of nitrogens with one attached hydrogen (secondary N) is 2. The number of nitrogens with zero attached hydrogens (tertiary/aromatic N) is 2. The lowest BCUT2D eigenvalue weighted by atomic mass is 9.86. The van der Waals surface area contributed by atoms with Gasteiger partial charge in [-0.05, 0) is 43.4 Å². The van der Waals surface area contributed by atoms with E-state index >= 15 is 0 Å². The largest absolute Gasteiger partial charge is 0.345 e. The van der Waals surface area contributed by atoms with Crippen molar-refractivity contribution in [2.45, 2.75) is 57.1 Å². The van der Waals surface area contributed by atoms with Gasteiger partial charge in [0.05, 0.1) is 11.4 Å². The fourth-order valence-corrected chi connectivity index (χ4v) is 5.05. The van der Waals surface area contributed by atoms with Crippen LogP contribution in [0.2, 0.25) is 0 Å². The maximum Gasteiger partial charge on any atom is 0.314 e. The quantitative estimate of drug-likeness (QED) is 0.775. The first-order valence-electron chi connectivity index (χ1n) is 9.90. The Morgan fingerprint density at radius 3 is 2.79 bits per heavy atom. The molecule has 148 valence electrons. The normalized spacial score (nSPS) is 21.2. The summed E-state index contributed by atoms with van der Waals surface area (Å²) in [6.07, 6.45) is 4.33. The number of benzene rings is 1. The summed E-state index contributed by atoms with van der Waals surface area (Å²) in [6.45, 7) is 4.16. The summed E-state index contributed by atoms with van der Waals surface area (Å²) in [5, 5.41) is 10.5. The van der Waals surface area contributed by atoms with E-state index in [4.69, 9.17) is 5.10 Å². The average Bonchev–Trinajstić information content (AvgIpc) is 3.26. The molecule has 1 aromatic heterocycles. The van der Waals surface area contributed by atoms with Crippen molar-refractivity contribution in [2.75, 3.05) is 5.32 Å². The van der Waals surface area contributed by atoms with Gasteiger partial charge in [-0.25, -0.2) is 4.68 Å². The highest BCUT2D eigenvalue weighted by molar-refractivity contribution is 7.98. The van der Waals surface area contributed by atoms with Crippen LogP contribution < -0.4 is 10.6 Å². The van der Waals surface area contributed by atoms with Crippen molar-refractivity contribution in [3.05, 3.63) is 41.1 Å². The minimum atomic E-state index is -0.619. The zero-order valence-electron chi connectivity index (χ0n) is 16.3. The molecule has 0 spiro atoms. The van der Waals surface area contributed by atoms with Crippen LogP contribution in [0.5, 0.6) is 0 Å². The molecule has 1 saturated carbocycles. The number of carbonyl (C=O) groups excluding carboxylic acids is 2. The maximum absolute atomic E-state index is 12.7. The second kappa shape index (κ2) is 7.99. The Hall–Kier alpha value is -2.28. The van der Waals surface area contributed by atoms with Gasteiger partial charge in [-0.2, -0.15) is 16.9 Å². The van der Waals surface area contributed by atoms with E-state index in [0.29, 0.717) is 11.7 Å². The highest BCUT2D eigenvalue weighted by Crippen LogP contribution is 2.36. The van der Waals surface area contributed by atoms with Gasteiger partial charge in [0.15, 0.2) is 0 Å². The standard InChI is InChI=1S/C21H26N4O2S/c1-13-6-5-8-15(10-13)25-19(16-11-28-12-18(16)24-25)23-21(27)20(26)22-17-9-4-3-7-14(17)2/h5-6,8,10,14,17H,3-4,7,9,11-12H2,1-2H3,(H,22,26)(H,23,27)/t14-,17+/m0/s1. The van der Waals surface area contributed by atoms with E-state index in [1.54, 1.807) is 16.4 Å². The fraction of sp³-hybridized carbons (Fsp3) is 0.476. The molecular formula is C21H26N4O2S. The molecule has 0 bridgehead atoms. The number of fused-ring (bicyclic) bond motifs is 1. The van der Waals surface area contributed by atoms with Crippen molar-refractivity contribution in [3.8, 4) is 5.69 Å². The number of hydrogen-bond donors (Lipinski definition) is 2. The zero-order chi connectivity index (χ0) is 19.7. The topological polar surface area (TPSA) is 76.0 Å². The van der Waals surface area contributed by atoms with Crippen LogP contribution in [-0.2, 0) is 21.1 Å². The highest BCUT2D eigenvalue weighted by atomic mass is 32.2. The smallest absolute Gasteiger partial charge is 0.314 e. The molecule has 2 amide bonds. The molecule has 2 heterocycles. The molecule has 2 aliphatic rings. The molecule has 2 N–H and O–H groups in total. The predicted octanol–water partition coefficient (Wildman–Crippen LogP) is 3.56. The van der Waals surface area contributed by atoms with Crippen molar-refractivity contribution >= 4 is 29.4 Å². The zero-order valence-corrected chi connectivity index (χ0v) is 17.1. The molecule has 0 unspecified atom stereocenters. The Kier molecular flexibility index (Phi) is 5.44. The number of aryl methyl sites for hydroxylation is 1. The van der Waals surface area contributed by atoms with E-state index in [9.17, 15) is 9.59 Å². The third-order valence-electron chi connectivity index (χ3n) is 5.66. The van der Waals surface area contributed by atoms with Crippen molar-refractivity contribution < 1.29 is 9.59 Å². The van der Waals surface area contributed by atoms with E-state index in [0.717, 1.165) is 53.3 Å². The molecule has 1 aromatic carbocycles. The molecule has 1 aliphatic carbocycles. The predicted molar refractivity (Wildman–Crippen MR) is 111 cm³/mol. The van der Waals surface area contributed by atoms with E-state index < -0.39 is 11.8 Å². The van der Waals surface area contributed by atoms with Crippen LogP contribution in [0.25, 0.3) is 5.69 Å². The summed E-state index contributed by atoms with van der Waals surface area (Å²) >= 11 is 1.77. The van der Waals surface area contributed by atoms with Crippen LogP contribution in [0.3, 0.4) is 0 Å². The Morgan fingerprint density at radius 1 is 1.18 bits per heavy atom. The molecule has 7 heteroatoms. The minimum absolute atomic E-state index is 0.0787. The first-order valence-corrected chi connectivity index (χ1v) is 11.1. The first kappa shape index (κ1) is 19.1. The fourth-order valence-electron chi connectivity index (χ4n) is 4.02. The Labute approximate surface area is 169 Å². The second-order valence-corrected chi connectivity index (χ2v) is 8.80. The SMILES string of the molecule is Cc1cccc(-n2nc3c(c2NC(=O)C(=O)N[C@@H]2CCCC[C@@H]2C)CSC3)c1. The highest BCUT2D eigenvalue weighted by Gasteiger charge is 2.29. The summed E-state index contributed by atoms with van der Waals surface area (Å²) in [7, 11) is 0. The number of hydrogen-bond acceptors (Lipinski definition) is 4. The van der Waals surface area contributed by atoms with Gasteiger partial charge < -0.3 is 10.6 Å². The van der Waals surface area contributed by atoms with Gasteiger partial charge >= 0.3 is 11.8 Å². The van der Waals surface area contributed by atoms with Gasteiger partial charge in [-0.15, -0.1) is 0 Å². The van der Waals surface area contributed by atoms with Crippen molar-refractivity contribution in [3.63, 3.8) is 0 Å². The van der Waals surface area contributed by atoms with Gasteiger partial charge in [0.2, 0.25) is 0 Å². The monoisotopic (exact) mass is 398 g/mol. The summed E-state index contributed by atoms with van der Waals surface area (Å²) in [5.41, 5.74) is 3.99. The van der Waals surface area contributed by atoms with Crippen LogP contribution >= 0.6 is 11.8 Å². The van der Waals surface area contributed by atoms with Crippen LogP contribution in [-0.4, -0.2) is 27.6 Å². The minimum Gasteiger partial charge on any atom is -0.345 e. The number of amides is 2. The lowest BCUT2D eigenvalue weighted by molar-refractivity contribution is -0.137. The van der Waals surface area contributed by atoms with Gasteiger partial charge in [0.25, 0.3) is 0 Å². The lowest BCUT2D eigenvalue weighted by Gasteiger charge is -2.29. The van der Waals surface area contributed by atoms with E-state index in [1.807, 2.05) is 31.2 Å². The van der Waals surface area contributed by atoms with Crippen molar-refractivity contribution in [1.29, 1.82) is 0 Å². The van der Waals surface area contributed by atoms with E-state index in [1.165, 1.54) is 6.42 Å². The van der Waals surface area contributed by atoms with Crippen LogP contribution in [0, 0.1) is 12.8 Å². The summed E-state index contributed by atoms with van der Waals surface area (Å²) in [6, 6.07) is 8.05. The van der Waals surface area contributed by atoms with Crippen LogP contribution in [0.4, 0.5) is 5.82 Å². The Bertz CT molecular complexity index is 908. The Balaban J connectivity index is 1.55. The van der Waals surface area contributed by atoms with Gasteiger partial charge in [-0.3, -0.25) is 9.59 Å². The summed E-state index contributed by atoms with van der Waals surface area (Å²) in [5.74, 6) is 1.45. The molecular weight excluding hydrogens is 372 g/mol. The maximum atomic E-state index is 12.7. The van der Waals surface area contributed by atoms with Gasteiger partial charge in [-0.1, -0.05) is 31.9 Å². The number of rotatable bonds is 3. The summed E-state index contributed by atoms with van der Waals surface area (Å²) < 4.78 is 1.76. The number of thioether (sulfide) groups is 1. The van der Waals surface area contributed by atoms with Gasteiger partial charge in [0.1, 0.15) is 5.82 Å². The van der Waals surface area contributed by atoms with Gasteiger partial charge in [0, 0.05) is 23.1 Å². The molecule has 4 rings (SSSR count). The molecule has 2 atom stereocenters. The van der Waals surface area contributed by atoms with Crippen LogP contribution in [0.1, 0.15) is 49.4 Å². The summed E-state index contributed by atoms with van der Waals surface area (Å²) in [4.78, 5) is 25.2.